The van der Waals surface area contributed by atoms with Crippen LogP contribution in [-0.4, -0.2) is 16.5 Å². The van der Waals surface area contributed by atoms with E-state index in [9.17, 15) is 4.79 Å². The van der Waals surface area contributed by atoms with Crippen LogP contribution in [0.25, 0.3) is 0 Å². The summed E-state index contributed by atoms with van der Waals surface area (Å²) in [6.45, 7) is 6.86. The summed E-state index contributed by atoms with van der Waals surface area (Å²) < 4.78 is 0. The maximum absolute atomic E-state index is 11.0. The van der Waals surface area contributed by atoms with Crippen molar-refractivity contribution in [2.24, 2.45) is 4.99 Å². The van der Waals surface area contributed by atoms with Gasteiger partial charge in [0.2, 0.25) is 0 Å². The molecule has 3 nitrogen and oxygen atoms in total. The Labute approximate surface area is 83.2 Å². The lowest BCUT2D eigenvalue weighted by Gasteiger charge is -1.99. The Morgan fingerprint density at radius 2 is 2.21 bits per heavy atom. The molecule has 0 aliphatic heterocycles. The van der Waals surface area contributed by atoms with Gasteiger partial charge in [0.15, 0.2) is 5.78 Å². The van der Waals surface area contributed by atoms with E-state index >= 15 is 0 Å². The summed E-state index contributed by atoms with van der Waals surface area (Å²) in [5.41, 5.74) is 2.16. The standard InChI is InChI=1S/C11H12N2O/c1-4-12-8(2)11-6-5-10(7-13-11)9(3)14/h4-7H,1H2,2-3H3. The van der Waals surface area contributed by atoms with Crippen molar-refractivity contribution in [1.29, 1.82) is 0 Å². The van der Waals surface area contributed by atoms with E-state index in [1.807, 2.05) is 6.92 Å². The van der Waals surface area contributed by atoms with Gasteiger partial charge in [0, 0.05) is 18.0 Å². The van der Waals surface area contributed by atoms with Gasteiger partial charge >= 0.3 is 0 Å². The summed E-state index contributed by atoms with van der Waals surface area (Å²) in [5.74, 6) is 0.0161. The van der Waals surface area contributed by atoms with Crippen LogP contribution in [0, 0.1) is 0 Å². The van der Waals surface area contributed by atoms with Crippen LogP contribution < -0.4 is 0 Å². The fraction of sp³-hybridized carbons (Fsp3) is 0.182. The monoisotopic (exact) mass is 188 g/mol. The molecule has 0 saturated heterocycles. The summed E-state index contributed by atoms with van der Waals surface area (Å²) in [5, 5.41) is 0. The van der Waals surface area contributed by atoms with E-state index < -0.39 is 0 Å². The van der Waals surface area contributed by atoms with Gasteiger partial charge in [-0.2, -0.15) is 0 Å². The first-order valence-electron chi connectivity index (χ1n) is 4.28. The molecule has 1 heterocycles. The van der Waals surface area contributed by atoms with Gasteiger partial charge in [0.05, 0.1) is 11.4 Å². The first-order valence-corrected chi connectivity index (χ1v) is 4.28. The highest BCUT2D eigenvalue weighted by atomic mass is 16.1. The average molecular weight is 188 g/mol. The molecule has 0 amide bonds. The van der Waals surface area contributed by atoms with Crippen molar-refractivity contribution in [2.75, 3.05) is 0 Å². The number of carbonyl (C=O) groups excluding carboxylic acids is 1. The zero-order chi connectivity index (χ0) is 10.6. The number of nitrogens with zero attached hydrogens (tertiary/aromatic N) is 2. The fourth-order valence-electron chi connectivity index (χ4n) is 1.02. The zero-order valence-corrected chi connectivity index (χ0v) is 8.32. The van der Waals surface area contributed by atoms with Crippen molar-refractivity contribution in [3.05, 3.63) is 42.4 Å². The van der Waals surface area contributed by atoms with E-state index in [0.29, 0.717) is 5.56 Å². The van der Waals surface area contributed by atoms with Crippen LogP contribution in [0.4, 0.5) is 0 Å². The number of hydrogen-bond donors (Lipinski definition) is 0. The molecule has 0 saturated carbocycles. The summed E-state index contributed by atoms with van der Waals surface area (Å²) in [6, 6.07) is 3.52. The van der Waals surface area contributed by atoms with Crippen LogP contribution in [0.5, 0.6) is 0 Å². The van der Waals surface area contributed by atoms with E-state index in [4.69, 9.17) is 0 Å². The molecule has 0 unspecified atom stereocenters. The Balaban J connectivity index is 2.99. The summed E-state index contributed by atoms with van der Waals surface area (Å²) >= 11 is 0. The molecule has 0 radical (unpaired) electrons. The third-order valence-electron chi connectivity index (χ3n) is 1.83. The number of carbonyl (C=O) groups is 1. The van der Waals surface area contributed by atoms with Crippen LogP contribution in [-0.2, 0) is 0 Å². The van der Waals surface area contributed by atoms with E-state index in [1.54, 1.807) is 18.3 Å². The molecule has 0 spiro atoms. The molecular formula is C11H12N2O. The maximum atomic E-state index is 11.0. The Hall–Kier alpha value is -1.77. The van der Waals surface area contributed by atoms with Gasteiger partial charge in [-0.1, -0.05) is 6.58 Å². The van der Waals surface area contributed by atoms with Gasteiger partial charge in [0.25, 0.3) is 0 Å². The quantitative estimate of drug-likeness (QED) is 0.539. The summed E-state index contributed by atoms with van der Waals surface area (Å²) in [4.78, 5) is 19.1. The number of Topliss-reactive ketones (excluding diaryl/α,β-unsaturated/α-hetero) is 1. The predicted octanol–water partition coefficient (Wildman–Crippen LogP) is 2.24. The number of aliphatic imine (C=N–C) groups is 1. The number of rotatable bonds is 3. The highest BCUT2D eigenvalue weighted by Crippen LogP contribution is 2.02. The van der Waals surface area contributed by atoms with Crippen LogP contribution >= 0.6 is 0 Å². The second kappa shape index (κ2) is 4.46. The van der Waals surface area contributed by atoms with Gasteiger partial charge in [-0.05, 0) is 26.0 Å². The third kappa shape index (κ3) is 2.36. The number of aromatic nitrogens is 1. The number of pyridine rings is 1. The lowest BCUT2D eigenvalue weighted by molar-refractivity contribution is 0.101. The summed E-state index contributed by atoms with van der Waals surface area (Å²) in [7, 11) is 0. The highest BCUT2D eigenvalue weighted by molar-refractivity contribution is 5.98. The molecule has 0 aliphatic rings. The van der Waals surface area contributed by atoms with Crippen LogP contribution in [0.15, 0.2) is 36.1 Å². The van der Waals surface area contributed by atoms with Crippen molar-refractivity contribution in [1.82, 2.24) is 4.98 Å². The molecule has 0 bridgehead atoms. The van der Waals surface area contributed by atoms with Crippen molar-refractivity contribution >= 4 is 11.5 Å². The minimum absolute atomic E-state index is 0.0161. The van der Waals surface area contributed by atoms with E-state index in [0.717, 1.165) is 11.4 Å². The average Bonchev–Trinajstić information content (AvgIpc) is 2.18. The predicted molar refractivity (Wildman–Crippen MR) is 56.6 cm³/mol. The fourth-order valence-corrected chi connectivity index (χ4v) is 1.02. The lowest BCUT2D eigenvalue weighted by Crippen LogP contribution is -2.00. The van der Waals surface area contributed by atoms with E-state index in [-0.39, 0.29) is 5.78 Å². The van der Waals surface area contributed by atoms with Gasteiger partial charge < -0.3 is 0 Å². The maximum Gasteiger partial charge on any atom is 0.161 e. The van der Waals surface area contributed by atoms with Crippen molar-refractivity contribution < 1.29 is 4.79 Å². The minimum Gasteiger partial charge on any atom is -0.294 e. The molecular weight excluding hydrogens is 176 g/mol. The smallest absolute Gasteiger partial charge is 0.161 e. The first kappa shape index (κ1) is 10.3. The molecule has 0 N–H and O–H groups in total. The molecule has 0 aromatic carbocycles. The van der Waals surface area contributed by atoms with Crippen molar-refractivity contribution in [3.8, 4) is 0 Å². The van der Waals surface area contributed by atoms with E-state index in [2.05, 4.69) is 16.6 Å². The number of hydrogen-bond acceptors (Lipinski definition) is 3. The highest BCUT2D eigenvalue weighted by Gasteiger charge is 2.01. The van der Waals surface area contributed by atoms with Crippen LogP contribution in [0.2, 0.25) is 0 Å². The SMILES string of the molecule is C=CN=C(C)c1ccc(C(C)=O)cn1. The van der Waals surface area contributed by atoms with Gasteiger partial charge in [0.1, 0.15) is 0 Å². The zero-order valence-electron chi connectivity index (χ0n) is 8.32. The minimum atomic E-state index is 0.0161. The number of ketones is 1. The Morgan fingerprint density at radius 1 is 1.50 bits per heavy atom. The third-order valence-corrected chi connectivity index (χ3v) is 1.83. The topological polar surface area (TPSA) is 42.3 Å². The second-order valence-corrected chi connectivity index (χ2v) is 2.89. The van der Waals surface area contributed by atoms with Crippen molar-refractivity contribution in [3.63, 3.8) is 0 Å². The Morgan fingerprint density at radius 3 is 2.64 bits per heavy atom. The molecule has 3 heteroatoms. The molecule has 1 aromatic rings. The van der Waals surface area contributed by atoms with E-state index in [1.165, 1.54) is 13.1 Å². The molecule has 1 rings (SSSR count). The Bertz CT molecular complexity index is 377. The normalized spacial score (nSPS) is 11.1. The first-order chi connectivity index (χ1) is 6.65. The lowest BCUT2D eigenvalue weighted by atomic mass is 10.2. The molecule has 0 fully saturated rings. The summed E-state index contributed by atoms with van der Waals surface area (Å²) in [6.07, 6.45) is 3.02. The molecule has 0 aliphatic carbocycles. The van der Waals surface area contributed by atoms with Gasteiger partial charge in [-0.3, -0.25) is 14.8 Å². The molecule has 0 atom stereocenters. The van der Waals surface area contributed by atoms with Crippen LogP contribution in [0.1, 0.15) is 29.9 Å². The van der Waals surface area contributed by atoms with Gasteiger partial charge in [-0.15, -0.1) is 0 Å². The molecule has 1 aromatic heterocycles. The second-order valence-electron chi connectivity index (χ2n) is 2.89. The largest absolute Gasteiger partial charge is 0.294 e. The van der Waals surface area contributed by atoms with Crippen LogP contribution in [0.3, 0.4) is 0 Å². The van der Waals surface area contributed by atoms with Crippen molar-refractivity contribution in [2.45, 2.75) is 13.8 Å². The molecule has 14 heavy (non-hydrogen) atoms. The Kier molecular flexibility index (Phi) is 3.29. The van der Waals surface area contributed by atoms with Gasteiger partial charge in [-0.25, -0.2) is 0 Å². The molecule has 72 valence electrons.